The Labute approximate surface area is 173 Å². The lowest BCUT2D eigenvalue weighted by Gasteiger charge is -2.35. The molecular formula is C22H22FN5S. The molecule has 0 N–H and O–H groups in total. The van der Waals surface area contributed by atoms with Crippen LogP contribution in [0.25, 0.3) is 16.6 Å². The summed E-state index contributed by atoms with van der Waals surface area (Å²) >= 11 is 5.76. The monoisotopic (exact) mass is 407 g/mol. The lowest BCUT2D eigenvalue weighted by atomic mass is 10.1. The number of hydrogen-bond donors (Lipinski definition) is 0. The standard InChI is InChI=1S/C22H22FN5S/c1-16-14-21-24-27(22(29)28(21)19-8-4-2-6-17(16)19)15-25-10-12-26(13-11-25)20-9-5-3-7-18(20)23/h2-9,14H,10-13,15H2,1H3. The van der Waals surface area contributed by atoms with Crippen LogP contribution >= 0.6 is 12.2 Å². The molecule has 3 heterocycles. The van der Waals surface area contributed by atoms with E-state index in [2.05, 4.69) is 34.9 Å². The van der Waals surface area contributed by atoms with E-state index in [0.717, 1.165) is 37.3 Å². The number of fused-ring (bicyclic) bond motifs is 3. The third kappa shape index (κ3) is 3.20. The molecule has 0 spiro atoms. The fraction of sp³-hybridized carbons (Fsp3) is 0.273. The van der Waals surface area contributed by atoms with Gasteiger partial charge < -0.3 is 4.90 Å². The van der Waals surface area contributed by atoms with E-state index in [-0.39, 0.29) is 5.82 Å². The van der Waals surface area contributed by atoms with Crippen LogP contribution in [0.2, 0.25) is 0 Å². The third-order valence-electron chi connectivity index (χ3n) is 5.68. The zero-order valence-corrected chi connectivity index (χ0v) is 17.1. The van der Waals surface area contributed by atoms with Crippen LogP contribution in [-0.4, -0.2) is 45.3 Å². The Morgan fingerprint density at radius 3 is 2.52 bits per heavy atom. The molecule has 1 saturated heterocycles. The van der Waals surface area contributed by atoms with Gasteiger partial charge in [0, 0.05) is 31.6 Å². The Balaban J connectivity index is 1.39. The molecule has 2 aromatic carbocycles. The molecule has 0 aliphatic carbocycles. The van der Waals surface area contributed by atoms with Crippen LogP contribution in [0.4, 0.5) is 10.1 Å². The number of nitrogens with zero attached hydrogens (tertiary/aromatic N) is 5. The molecule has 1 fully saturated rings. The first-order chi connectivity index (χ1) is 14.1. The van der Waals surface area contributed by atoms with Crippen molar-refractivity contribution < 1.29 is 4.39 Å². The second kappa shape index (κ2) is 7.24. The number of pyridine rings is 1. The SMILES string of the molecule is Cc1cc2nn(CN3CCN(c4ccccc4F)CC3)c(=S)n2c2ccccc12. The van der Waals surface area contributed by atoms with Crippen LogP contribution in [0, 0.1) is 17.5 Å². The minimum atomic E-state index is -0.161. The van der Waals surface area contributed by atoms with E-state index in [1.165, 1.54) is 17.0 Å². The highest BCUT2D eigenvalue weighted by Crippen LogP contribution is 2.22. The van der Waals surface area contributed by atoms with E-state index in [4.69, 9.17) is 17.3 Å². The molecule has 0 radical (unpaired) electrons. The van der Waals surface area contributed by atoms with Gasteiger partial charge >= 0.3 is 0 Å². The van der Waals surface area contributed by atoms with Crippen molar-refractivity contribution in [2.24, 2.45) is 0 Å². The van der Waals surface area contributed by atoms with Crippen molar-refractivity contribution in [1.82, 2.24) is 19.1 Å². The summed E-state index contributed by atoms with van der Waals surface area (Å²) in [4.78, 5) is 4.42. The van der Waals surface area contributed by atoms with E-state index in [1.54, 1.807) is 6.07 Å². The summed E-state index contributed by atoms with van der Waals surface area (Å²) in [6.45, 7) is 5.98. The molecule has 0 saturated carbocycles. The second-order valence-electron chi connectivity index (χ2n) is 7.52. The van der Waals surface area contributed by atoms with Gasteiger partial charge in [0.1, 0.15) is 5.82 Å². The first-order valence-corrected chi connectivity index (χ1v) is 10.2. The van der Waals surface area contributed by atoms with E-state index in [1.807, 2.05) is 33.3 Å². The minimum absolute atomic E-state index is 0.161. The van der Waals surface area contributed by atoms with Gasteiger partial charge in [0.15, 0.2) is 5.65 Å². The van der Waals surface area contributed by atoms with Crippen molar-refractivity contribution in [1.29, 1.82) is 0 Å². The van der Waals surface area contributed by atoms with Crippen LogP contribution in [0.1, 0.15) is 5.56 Å². The van der Waals surface area contributed by atoms with Crippen LogP contribution in [0.5, 0.6) is 0 Å². The Hall–Kier alpha value is -2.77. The van der Waals surface area contributed by atoms with Gasteiger partial charge in [-0.05, 0) is 49.0 Å². The predicted molar refractivity (Wildman–Crippen MR) is 116 cm³/mol. The van der Waals surface area contributed by atoms with Crippen LogP contribution in [0.3, 0.4) is 0 Å². The summed E-state index contributed by atoms with van der Waals surface area (Å²) in [5, 5.41) is 5.96. The van der Waals surface area contributed by atoms with Crippen LogP contribution in [0.15, 0.2) is 54.6 Å². The van der Waals surface area contributed by atoms with E-state index >= 15 is 0 Å². The van der Waals surface area contributed by atoms with Gasteiger partial charge in [-0.15, -0.1) is 0 Å². The van der Waals surface area contributed by atoms with Crippen molar-refractivity contribution in [2.75, 3.05) is 31.1 Å². The minimum Gasteiger partial charge on any atom is -0.367 e. The maximum atomic E-state index is 14.1. The summed E-state index contributed by atoms with van der Waals surface area (Å²) in [6, 6.07) is 17.3. The first-order valence-electron chi connectivity index (χ1n) is 9.81. The zero-order chi connectivity index (χ0) is 20.0. The number of benzene rings is 2. The molecule has 5 rings (SSSR count). The molecule has 2 aromatic heterocycles. The lowest BCUT2D eigenvalue weighted by Crippen LogP contribution is -2.47. The highest BCUT2D eigenvalue weighted by atomic mass is 32.1. The molecule has 148 valence electrons. The summed E-state index contributed by atoms with van der Waals surface area (Å²) in [5.74, 6) is -0.161. The molecule has 4 aromatic rings. The molecule has 0 bridgehead atoms. The largest absolute Gasteiger partial charge is 0.367 e. The average Bonchev–Trinajstić information content (AvgIpc) is 3.04. The maximum Gasteiger partial charge on any atom is 0.204 e. The predicted octanol–water partition coefficient (Wildman–Crippen LogP) is 4.25. The molecule has 29 heavy (non-hydrogen) atoms. The average molecular weight is 408 g/mol. The van der Waals surface area contributed by atoms with Crippen molar-refractivity contribution in [3.8, 4) is 0 Å². The summed E-state index contributed by atoms with van der Waals surface area (Å²) < 4.78 is 18.7. The molecule has 5 nitrogen and oxygen atoms in total. The topological polar surface area (TPSA) is 28.7 Å². The van der Waals surface area contributed by atoms with Crippen molar-refractivity contribution in [3.05, 3.63) is 70.7 Å². The number of piperazine rings is 1. The van der Waals surface area contributed by atoms with E-state index in [9.17, 15) is 4.39 Å². The van der Waals surface area contributed by atoms with Crippen molar-refractivity contribution in [3.63, 3.8) is 0 Å². The highest BCUT2D eigenvalue weighted by Gasteiger charge is 2.20. The quantitative estimate of drug-likeness (QED) is 0.475. The molecule has 0 amide bonds. The lowest BCUT2D eigenvalue weighted by molar-refractivity contribution is 0.194. The molecule has 0 unspecified atom stereocenters. The number of hydrogen-bond acceptors (Lipinski definition) is 4. The van der Waals surface area contributed by atoms with Gasteiger partial charge in [-0.2, -0.15) is 5.10 Å². The van der Waals surface area contributed by atoms with Crippen LogP contribution in [-0.2, 0) is 6.67 Å². The van der Waals surface area contributed by atoms with Crippen molar-refractivity contribution in [2.45, 2.75) is 13.6 Å². The number of anilines is 1. The first kappa shape index (κ1) is 18.3. The molecule has 0 atom stereocenters. The van der Waals surface area contributed by atoms with Crippen molar-refractivity contribution >= 4 is 34.5 Å². The second-order valence-corrected chi connectivity index (χ2v) is 7.88. The fourth-order valence-electron chi connectivity index (χ4n) is 4.14. The number of aryl methyl sites for hydroxylation is 1. The van der Waals surface area contributed by atoms with Gasteiger partial charge in [-0.3, -0.25) is 9.30 Å². The fourth-order valence-corrected chi connectivity index (χ4v) is 4.43. The van der Waals surface area contributed by atoms with E-state index in [0.29, 0.717) is 17.1 Å². The molecule has 1 aliphatic heterocycles. The normalized spacial score (nSPS) is 15.4. The number of para-hydroxylation sites is 2. The van der Waals surface area contributed by atoms with Gasteiger partial charge in [0.05, 0.1) is 17.9 Å². The molecule has 7 heteroatoms. The van der Waals surface area contributed by atoms with Gasteiger partial charge in [-0.25, -0.2) is 9.07 Å². The zero-order valence-electron chi connectivity index (χ0n) is 16.3. The smallest absolute Gasteiger partial charge is 0.204 e. The van der Waals surface area contributed by atoms with Gasteiger partial charge in [0.2, 0.25) is 4.77 Å². The summed E-state index contributed by atoms with van der Waals surface area (Å²) in [5.41, 5.74) is 3.83. The molecule has 1 aliphatic rings. The molecular weight excluding hydrogens is 385 g/mol. The van der Waals surface area contributed by atoms with Gasteiger partial charge in [0.25, 0.3) is 0 Å². The Kier molecular flexibility index (Phi) is 4.56. The Bertz CT molecular complexity index is 1250. The number of rotatable bonds is 3. The Morgan fingerprint density at radius 2 is 1.72 bits per heavy atom. The number of halogens is 1. The summed E-state index contributed by atoms with van der Waals surface area (Å²) in [7, 11) is 0. The summed E-state index contributed by atoms with van der Waals surface area (Å²) in [6.07, 6.45) is 0. The van der Waals surface area contributed by atoms with Gasteiger partial charge in [-0.1, -0.05) is 30.3 Å². The number of aromatic nitrogens is 3. The Morgan fingerprint density at radius 1 is 1.00 bits per heavy atom. The third-order valence-corrected chi connectivity index (χ3v) is 6.07. The highest BCUT2D eigenvalue weighted by molar-refractivity contribution is 7.71. The maximum absolute atomic E-state index is 14.1. The van der Waals surface area contributed by atoms with Crippen LogP contribution < -0.4 is 4.90 Å². The van der Waals surface area contributed by atoms with E-state index < -0.39 is 0 Å².